The zero-order valence-electron chi connectivity index (χ0n) is 6.90. The molecule has 0 heterocycles. The lowest BCUT2D eigenvalue weighted by atomic mass is 10.1. The van der Waals surface area contributed by atoms with Gasteiger partial charge in [0.25, 0.3) is 0 Å². The van der Waals surface area contributed by atoms with E-state index in [4.69, 9.17) is 5.11 Å². The summed E-state index contributed by atoms with van der Waals surface area (Å²) in [6, 6.07) is 8.07. The van der Waals surface area contributed by atoms with Gasteiger partial charge in [-0.3, -0.25) is 4.79 Å². The molecule has 0 aromatic heterocycles. The highest BCUT2D eigenvalue weighted by Gasteiger charge is 2.44. The average Bonchev–Trinajstić information content (AvgIpc) is 2.82. The molecule has 0 aliphatic heterocycles. The smallest absolute Gasteiger partial charge is 0.307 e. The van der Waals surface area contributed by atoms with E-state index in [-0.39, 0.29) is 11.8 Å². The van der Waals surface area contributed by atoms with Crippen molar-refractivity contribution in [1.29, 1.82) is 0 Å². The minimum Gasteiger partial charge on any atom is -0.481 e. The summed E-state index contributed by atoms with van der Waals surface area (Å²) in [7, 11) is 0. The molecule has 0 saturated heterocycles. The predicted octanol–water partition coefficient (Wildman–Crippen LogP) is 2.48. The second-order valence-electron chi connectivity index (χ2n) is 3.34. The van der Waals surface area contributed by atoms with Gasteiger partial charge >= 0.3 is 5.97 Å². The number of benzene rings is 1. The van der Waals surface area contributed by atoms with Crippen molar-refractivity contribution < 1.29 is 9.90 Å². The summed E-state index contributed by atoms with van der Waals surface area (Å²) in [6.07, 6.45) is 0.801. The van der Waals surface area contributed by atoms with Crippen LogP contribution in [0.25, 0.3) is 0 Å². The summed E-state index contributed by atoms with van der Waals surface area (Å²) in [5.74, 6) is -0.547. The molecule has 0 radical (unpaired) electrons. The first-order valence-electron chi connectivity index (χ1n) is 4.17. The molecule has 13 heavy (non-hydrogen) atoms. The highest BCUT2D eigenvalue weighted by atomic mass is 127. The Hall–Kier alpha value is -0.580. The van der Waals surface area contributed by atoms with Crippen molar-refractivity contribution in [1.82, 2.24) is 0 Å². The molecule has 0 unspecified atom stereocenters. The monoisotopic (exact) mass is 288 g/mol. The molecule has 2 rings (SSSR count). The van der Waals surface area contributed by atoms with Crippen molar-refractivity contribution in [3.05, 3.63) is 33.4 Å². The lowest BCUT2D eigenvalue weighted by Gasteiger charge is -1.98. The second kappa shape index (κ2) is 3.29. The van der Waals surface area contributed by atoms with E-state index in [1.54, 1.807) is 0 Å². The van der Waals surface area contributed by atoms with Gasteiger partial charge in [-0.2, -0.15) is 0 Å². The molecular weight excluding hydrogens is 279 g/mol. The van der Waals surface area contributed by atoms with E-state index in [2.05, 4.69) is 28.7 Å². The van der Waals surface area contributed by atoms with Gasteiger partial charge in [0.15, 0.2) is 0 Å². The number of carbonyl (C=O) groups is 1. The van der Waals surface area contributed by atoms with Crippen molar-refractivity contribution >= 4 is 28.6 Å². The predicted molar refractivity (Wildman–Crippen MR) is 57.6 cm³/mol. The first-order chi connectivity index (χ1) is 6.18. The fourth-order valence-corrected chi connectivity index (χ4v) is 2.14. The lowest BCUT2D eigenvalue weighted by Crippen LogP contribution is -1.98. The molecule has 0 spiro atoms. The molecule has 68 valence electrons. The molecule has 2 nitrogen and oxygen atoms in total. The van der Waals surface area contributed by atoms with E-state index < -0.39 is 5.97 Å². The summed E-state index contributed by atoms with van der Waals surface area (Å²) >= 11 is 2.24. The molecule has 1 aromatic carbocycles. The number of hydrogen-bond acceptors (Lipinski definition) is 1. The quantitative estimate of drug-likeness (QED) is 0.849. The minimum absolute atomic E-state index is 0.141. The molecule has 0 bridgehead atoms. The maximum absolute atomic E-state index is 10.6. The second-order valence-corrected chi connectivity index (χ2v) is 4.59. The summed E-state index contributed by atoms with van der Waals surface area (Å²) in [5, 5.41) is 8.75. The third-order valence-corrected chi connectivity index (χ3v) is 3.06. The first kappa shape index (κ1) is 8.99. The van der Waals surface area contributed by atoms with Crippen LogP contribution in [-0.4, -0.2) is 11.1 Å². The third-order valence-electron chi connectivity index (χ3n) is 2.38. The van der Waals surface area contributed by atoms with Crippen LogP contribution in [0, 0.1) is 9.49 Å². The average molecular weight is 288 g/mol. The van der Waals surface area contributed by atoms with Crippen molar-refractivity contribution in [2.75, 3.05) is 0 Å². The van der Waals surface area contributed by atoms with Gasteiger partial charge in [0.2, 0.25) is 0 Å². The molecule has 1 aliphatic rings. The van der Waals surface area contributed by atoms with Gasteiger partial charge < -0.3 is 5.11 Å². The summed E-state index contributed by atoms with van der Waals surface area (Å²) in [5.41, 5.74) is 1.17. The van der Waals surface area contributed by atoms with Gasteiger partial charge in [0, 0.05) is 3.57 Å². The van der Waals surface area contributed by atoms with Crippen LogP contribution < -0.4 is 0 Å². The van der Waals surface area contributed by atoms with Crippen LogP contribution in [0.2, 0.25) is 0 Å². The van der Waals surface area contributed by atoms with Gasteiger partial charge in [-0.1, -0.05) is 12.1 Å². The number of carboxylic acids is 1. The van der Waals surface area contributed by atoms with Crippen LogP contribution in [0.15, 0.2) is 24.3 Å². The molecule has 0 amide bonds. The van der Waals surface area contributed by atoms with Gasteiger partial charge in [-0.05, 0) is 52.6 Å². The summed E-state index contributed by atoms with van der Waals surface area (Å²) in [4.78, 5) is 10.6. The first-order valence-corrected chi connectivity index (χ1v) is 5.24. The topological polar surface area (TPSA) is 37.3 Å². The van der Waals surface area contributed by atoms with Gasteiger partial charge in [0.05, 0.1) is 5.92 Å². The Kier molecular flexibility index (Phi) is 2.27. The maximum atomic E-state index is 10.6. The Morgan fingerprint density at radius 1 is 1.54 bits per heavy atom. The zero-order valence-corrected chi connectivity index (χ0v) is 9.06. The van der Waals surface area contributed by atoms with E-state index in [9.17, 15) is 4.79 Å². The Labute approximate surface area is 90.1 Å². The van der Waals surface area contributed by atoms with Crippen molar-refractivity contribution in [2.24, 2.45) is 5.92 Å². The van der Waals surface area contributed by atoms with Crippen LogP contribution >= 0.6 is 22.6 Å². The summed E-state index contributed by atoms with van der Waals surface area (Å²) < 4.78 is 1.17. The van der Waals surface area contributed by atoms with Crippen LogP contribution in [0.1, 0.15) is 17.9 Å². The fraction of sp³-hybridized carbons (Fsp3) is 0.300. The van der Waals surface area contributed by atoms with E-state index in [0.29, 0.717) is 0 Å². The van der Waals surface area contributed by atoms with Crippen molar-refractivity contribution in [3.63, 3.8) is 0 Å². The SMILES string of the molecule is O=C(O)[C@@H]1C[C@H]1c1cccc(I)c1. The normalized spacial score (nSPS) is 25.6. The van der Waals surface area contributed by atoms with Gasteiger partial charge in [-0.25, -0.2) is 0 Å². The Morgan fingerprint density at radius 3 is 2.85 bits per heavy atom. The van der Waals surface area contributed by atoms with E-state index >= 15 is 0 Å². The van der Waals surface area contributed by atoms with Crippen molar-refractivity contribution in [2.45, 2.75) is 12.3 Å². The van der Waals surface area contributed by atoms with E-state index in [0.717, 1.165) is 6.42 Å². The molecule has 1 aliphatic carbocycles. The van der Waals surface area contributed by atoms with Crippen LogP contribution in [0.3, 0.4) is 0 Å². The highest BCUT2D eigenvalue weighted by Crippen LogP contribution is 2.47. The molecule has 3 heteroatoms. The van der Waals surface area contributed by atoms with E-state index in [1.807, 2.05) is 18.2 Å². The number of aliphatic carboxylic acids is 1. The third kappa shape index (κ3) is 1.85. The Balaban J connectivity index is 2.16. The largest absolute Gasteiger partial charge is 0.481 e. The number of hydrogen-bond donors (Lipinski definition) is 1. The van der Waals surface area contributed by atoms with Crippen LogP contribution in [0.4, 0.5) is 0 Å². The van der Waals surface area contributed by atoms with Gasteiger partial charge in [-0.15, -0.1) is 0 Å². The molecule has 1 aromatic rings. The molecule has 1 saturated carbocycles. The lowest BCUT2D eigenvalue weighted by molar-refractivity contribution is -0.138. The van der Waals surface area contributed by atoms with Crippen LogP contribution in [-0.2, 0) is 4.79 Å². The Bertz CT molecular complexity index is 349. The molecule has 1 fully saturated rings. The Morgan fingerprint density at radius 2 is 2.31 bits per heavy atom. The van der Waals surface area contributed by atoms with Gasteiger partial charge in [0.1, 0.15) is 0 Å². The molecule has 2 atom stereocenters. The number of carboxylic acid groups (broad SMARTS) is 1. The number of rotatable bonds is 2. The fourth-order valence-electron chi connectivity index (χ4n) is 1.57. The molecule has 1 N–H and O–H groups in total. The maximum Gasteiger partial charge on any atom is 0.307 e. The standard InChI is InChI=1S/C10H9IO2/c11-7-3-1-2-6(4-7)8-5-9(8)10(12)13/h1-4,8-9H,5H2,(H,12,13)/t8-,9+/m0/s1. The minimum atomic E-state index is -0.663. The summed E-state index contributed by atoms with van der Waals surface area (Å²) in [6.45, 7) is 0. The number of halogens is 1. The highest BCUT2D eigenvalue weighted by molar-refractivity contribution is 14.1. The molecular formula is C10H9IO2. The van der Waals surface area contributed by atoms with E-state index in [1.165, 1.54) is 9.13 Å². The zero-order chi connectivity index (χ0) is 9.42. The van der Waals surface area contributed by atoms with Crippen molar-refractivity contribution in [3.8, 4) is 0 Å². The van der Waals surface area contributed by atoms with Crippen LogP contribution in [0.5, 0.6) is 0 Å².